The molecule has 1 unspecified atom stereocenters. The van der Waals surface area contributed by atoms with Crippen LogP contribution in [-0.2, 0) is 0 Å². The maximum Gasteiger partial charge on any atom is 0.218 e. The maximum atomic E-state index is 9.49. The molecule has 0 aliphatic rings. The van der Waals surface area contributed by atoms with Crippen LogP contribution in [0.5, 0.6) is 5.88 Å². The van der Waals surface area contributed by atoms with Crippen molar-refractivity contribution in [3.05, 3.63) is 22.3 Å². The Hall–Kier alpha value is -0.320. The first-order chi connectivity index (χ1) is 6.19. The van der Waals surface area contributed by atoms with Crippen molar-refractivity contribution in [3.63, 3.8) is 0 Å². The van der Waals surface area contributed by atoms with Crippen LogP contribution in [0.4, 0.5) is 0 Å². The molecule has 0 amide bonds. The Bertz CT molecular complexity index is 295. The molecule has 1 aromatic rings. The number of hydrogen-bond acceptors (Lipinski definition) is 3. The average molecular weight is 267 g/mol. The van der Waals surface area contributed by atoms with Crippen LogP contribution in [-0.4, -0.2) is 23.1 Å². The van der Waals surface area contributed by atoms with E-state index in [4.69, 9.17) is 16.3 Å². The van der Waals surface area contributed by atoms with Crippen molar-refractivity contribution >= 4 is 27.5 Å². The van der Waals surface area contributed by atoms with E-state index >= 15 is 0 Å². The first-order valence-electron chi connectivity index (χ1n) is 3.62. The maximum absolute atomic E-state index is 9.49. The van der Waals surface area contributed by atoms with Crippen molar-refractivity contribution in [3.8, 4) is 5.88 Å². The fourth-order valence-electron chi connectivity index (χ4n) is 0.935. The summed E-state index contributed by atoms with van der Waals surface area (Å²) in [6.45, 7) is 0. The Morgan fingerprint density at radius 3 is 3.00 bits per heavy atom. The topological polar surface area (TPSA) is 42.4 Å². The van der Waals surface area contributed by atoms with Crippen LogP contribution in [0.25, 0.3) is 0 Å². The van der Waals surface area contributed by atoms with Gasteiger partial charge in [0.15, 0.2) is 0 Å². The van der Waals surface area contributed by atoms with Gasteiger partial charge in [-0.3, -0.25) is 0 Å². The summed E-state index contributed by atoms with van der Waals surface area (Å²) in [5.41, 5.74) is 0.590. The summed E-state index contributed by atoms with van der Waals surface area (Å²) in [6, 6.07) is 1.74. The highest BCUT2D eigenvalue weighted by molar-refractivity contribution is 9.10. The molecule has 0 radical (unpaired) electrons. The van der Waals surface area contributed by atoms with E-state index in [1.165, 1.54) is 7.11 Å². The second kappa shape index (κ2) is 4.79. The van der Waals surface area contributed by atoms with Crippen molar-refractivity contribution in [2.45, 2.75) is 6.10 Å². The zero-order valence-electron chi connectivity index (χ0n) is 7.00. The van der Waals surface area contributed by atoms with Crippen LogP contribution in [0.15, 0.2) is 16.7 Å². The minimum absolute atomic E-state index is 0.120. The predicted octanol–water partition coefficient (Wildman–Crippen LogP) is 2.12. The number of nitrogens with zero attached hydrogens (tertiary/aromatic N) is 1. The Morgan fingerprint density at radius 2 is 2.46 bits per heavy atom. The molecule has 3 nitrogen and oxygen atoms in total. The molecule has 0 spiro atoms. The number of aliphatic hydroxyl groups is 1. The van der Waals surface area contributed by atoms with Gasteiger partial charge >= 0.3 is 0 Å². The first kappa shape index (κ1) is 10.8. The van der Waals surface area contributed by atoms with Crippen molar-refractivity contribution < 1.29 is 9.84 Å². The van der Waals surface area contributed by atoms with Crippen LogP contribution in [0.1, 0.15) is 11.7 Å². The van der Waals surface area contributed by atoms with Crippen LogP contribution in [0, 0.1) is 0 Å². The molecule has 1 aromatic heterocycles. The number of rotatable bonds is 3. The minimum Gasteiger partial charge on any atom is -0.481 e. The zero-order valence-corrected chi connectivity index (χ0v) is 9.34. The molecule has 1 N–H and O–H groups in total. The van der Waals surface area contributed by atoms with Gasteiger partial charge in [0.2, 0.25) is 5.88 Å². The molecular formula is C8H9BrClNO2. The quantitative estimate of drug-likeness (QED) is 0.852. The van der Waals surface area contributed by atoms with Crippen molar-refractivity contribution in [1.82, 2.24) is 4.98 Å². The minimum atomic E-state index is -0.749. The Balaban J connectivity index is 3.07. The molecule has 0 aromatic carbocycles. The van der Waals surface area contributed by atoms with Crippen LogP contribution in [0.2, 0.25) is 0 Å². The highest BCUT2D eigenvalue weighted by Crippen LogP contribution is 2.26. The summed E-state index contributed by atoms with van der Waals surface area (Å²) < 4.78 is 5.76. The second-order valence-corrected chi connectivity index (χ2v) is 3.65. The van der Waals surface area contributed by atoms with E-state index in [2.05, 4.69) is 20.9 Å². The number of hydrogen-bond donors (Lipinski definition) is 1. The highest BCUT2D eigenvalue weighted by atomic mass is 79.9. The number of ether oxygens (including phenoxy) is 1. The summed E-state index contributed by atoms with van der Waals surface area (Å²) in [5.74, 6) is 0.519. The molecule has 5 heteroatoms. The SMILES string of the molecule is COc1ncc(Br)cc1C(O)CCl. The smallest absolute Gasteiger partial charge is 0.218 e. The van der Waals surface area contributed by atoms with Crippen LogP contribution in [0.3, 0.4) is 0 Å². The number of halogens is 2. The fourth-order valence-corrected chi connectivity index (χ4v) is 1.45. The summed E-state index contributed by atoms with van der Waals surface area (Å²) in [6.07, 6.45) is 0.852. The van der Waals surface area contributed by atoms with Gasteiger partial charge in [-0.25, -0.2) is 4.98 Å². The Morgan fingerprint density at radius 1 is 1.77 bits per heavy atom. The molecule has 0 aliphatic heterocycles. The van der Waals surface area contributed by atoms with Gasteiger partial charge in [0, 0.05) is 16.2 Å². The highest BCUT2D eigenvalue weighted by Gasteiger charge is 2.13. The second-order valence-electron chi connectivity index (χ2n) is 2.42. The van der Waals surface area contributed by atoms with Gasteiger partial charge in [-0.2, -0.15) is 0 Å². The third-order valence-electron chi connectivity index (χ3n) is 1.54. The number of methoxy groups -OCH3 is 1. The third-order valence-corrected chi connectivity index (χ3v) is 2.27. The lowest BCUT2D eigenvalue weighted by Gasteiger charge is -2.11. The largest absolute Gasteiger partial charge is 0.481 e. The summed E-state index contributed by atoms with van der Waals surface area (Å²) in [5, 5.41) is 9.49. The molecule has 0 saturated heterocycles. The Labute approximate surface area is 89.8 Å². The van der Waals surface area contributed by atoms with Gasteiger partial charge in [0.25, 0.3) is 0 Å². The molecule has 0 saturated carbocycles. The van der Waals surface area contributed by atoms with E-state index in [0.717, 1.165) is 4.47 Å². The monoisotopic (exact) mass is 265 g/mol. The van der Waals surface area contributed by atoms with E-state index in [0.29, 0.717) is 11.4 Å². The number of pyridine rings is 1. The van der Waals surface area contributed by atoms with E-state index in [-0.39, 0.29) is 5.88 Å². The summed E-state index contributed by atoms with van der Waals surface area (Å²) in [7, 11) is 1.50. The molecule has 0 fully saturated rings. The normalized spacial score (nSPS) is 12.6. The van der Waals surface area contributed by atoms with E-state index in [1.54, 1.807) is 12.3 Å². The van der Waals surface area contributed by atoms with Crippen LogP contribution >= 0.6 is 27.5 Å². The van der Waals surface area contributed by atoms with Gasteiger partial charge < -0.3 is 9.84 Å². The third kappa shape index (κ3) is 2.56. The van der Waals surface area contributed by atoms with Gasteiger partial charge in [-0.15, -0.1) is 11.6 Å². The van der Waals surface area contributed by atoms with Crippen molar-refractivity contribution in [1.29, 1.82) is 0 Å². The van der Waals surface area contributed by atoms with Gasteiger partial charge in [-0.05, 0) is 22.0 Å². The molecule has 0 bridgehead atoms. The predicted molar refractivity (Wildman–Crippen MR) is 54.2 cm³/mol. The van der Waals surface area contributed by atoms with Crippen molar-refractivity contribution in [2.24, 2.45) is 0 Å². The molecule has 0 aliphatic carbocycles. The lowest BCUT2D eigenvalue weighted by Crippen LogP contribution is -2.03. The zero-order chi connectivity index (χ0) is 9.84. The lowest BCUT2D eigenvalue weighted by atomic mass is 10.2. The van der Waals surface area contributed by atoms with Gasteiger partial charge in [-0.1, -0.05) is 0 Å². The molecule has 1 rings (SSSR count). The van der Waals surface area contributed by atoms with E-state index < -0.39 is 6.10 Å². The number of aliphatic hydroxyl groups excluding tert-OH is 1. The van der Waals surface area contributed by atoms with Gasteiger partial charge in [0.05, 0.1) is 19.1 Å². The molecule has 72 valence electrons. The summed E-state index contributed by atoms with van der Waals surface area (Å²) >= 11 is 8.77. The molecule has 13 heavy (non-hydrogen) atoms. The van der Waals surface area contributed by atoms with E-state index in [9.17, 15) is 5.11 Å². The molecular weight excluding hydrogens is 257 g/mol. The van der Waals surface area contributed by atoms with Crippen LogP contribution < -0.4 is 4.74 Å². The fraction of sp³-hybridized carbons (Fsp3) is 0.375. The van der Waals surface area contributed by atoms with Crippen molar-refractivity contribution in [2.75, 3.05) is 13.0 Å². The first-order valence-corrected chi connectivity index (χ1v) is 4.95. The Kier molecular flexibility index (Phi) is 3.96. The average Bonchev–Trinajstić information content (AvgIpc) is 2.16. The van der Waals surface area contributed by atoms with E-state index in [1.807, 2.05) is 0 Å². The summed E-state index contributed by atoms with van der Waals surface area (Å²) in [4.78, 5) is 3.98. The lowest BCUT2D eigenvalue weighted by molar-refractivity contribution is 0.196. The number of alkyl halides is 1. The molecule has 1 atom stereocenters. The van der Waals surface area contributed by atoms with Gasteiger partial charge in [0.1, 0.15) is 0 Å². The molecule has 1 heterocycles. The number of aromatic nitrogens is 1. The standard InChI is InChI=1S/C8H9BrClNO2/c1-13-8-6(7(12)3-10)2-5(9)4-11-8/h2,4,7,12H,3H2,1H3.